The first kappa shape index (κ1) is 18.9. The lowest BCUT2D eigenvalue weighted by Gasteiger charge is -2.27. The second kappa shape index (κ2) is 7.78. The molecule has 1 aromatic heterocycles. The molecular weight excluding hydrogens is 342 g/mol. The van der Waals surface area contributed by atoms with Gasteiger partial charge < -0.3 is 9.64 Å². The molecule has 0 aliphatic carbocycles. The normalized spacial score (nSPS) is 16.9. The molecule has 0 bridgehead atoms. The van der Waals surface area contributed by atoms with E-state index >= 15 is 0 Å². The third kappa shape index (κ3) is 4.64. The van der Waals surface area contributed by atoms with Crippen molar-refractivity contribution in [3.05, 3.63) is 59.8 Å². The minimum atomic E-state index is -0.596. The quantitative estimate of drug-likeness (QED) is 0.872. The number of anilines is 1. The molecule has 6 nitrogen and oxygen atoms in total. The van der Waals surface area contributed by atoms with Crippen LogP contribution in [0.15, 0.2) is 48.7 Å². The number of carbonyl (C=O) groups is 2. The van der Waals surface area contributed by atoms with Crippen molar-refractivity contribution in [3.8, 4) is 0 Å². The summed E-state index contributed by atoms with van der Waals surface area (Å²) in [5.41, 5.74) is 0.891. The van der Waals surface area contributed by atoms with Crippen LogP contribution in [0.4, 0.5) is 10.6 Å². The Morgan fingerprint density at radius 2 is 1.89 bits per heavy atom. The van der Waals surface area contributed by atoms with Crippen LogP contribution in [0, 0.1) is 0 Å². The van der Waals surface area contributed by atoms with E-state index in [-0.39, 0.29) is 11.9 Å². The Hall–Kier alpha value is -2.89. The summed E-state index contributed by atoms with van der Waals surface area (Å²) in [4.78, 5) is 31.3. The summed E-state index contributed by atoms with van der Waals surface area (Å²) in [5, 5.41) is 2.73. The highest BCUT2D eigenvalue weighted by Crippen LogP contribution is 2.36. The Morgan fingerprint density at radius 3 is 2.59 bits per heavy atom. The lowest BCUT2D eigenvalue weighted by atomic mass is 10.0. The largest absolute Gasteiger partial charge is 0.444 e. The number of pyridine rings is 1. The van der Waals surface area contributed by atoms with E-state index in [1.165, 1.54) is 0 Å². The highest BCUT2D eigenvalue weighted by atomic mass is 16.6. The number of hydrogen-bond acceptors (Lipinski definition) is 4. The number of benzene rings is 1. The highest BCUT2D eigenvalue weighted by molar-refractivity contribution is 5.95. The Bertz CT molecular complexity index is 815. The molecule has 2 aromatic rings. The molecule has 0 radical (unpaired) electrons. The van der Waals surface area contributed by atoms with E-state index in [0.29, 0.717) is 17.9 Å². The van der Waals surface area contributed by atoms with Gasteiger partial charge in [-0.3, -0.25) is 10.1 Å². The van der Waals surface area contributed by atoms with Gasteiger partial charge in [-0.2, -0.15) is 0 Å². The average Bonchev–Trinajstić information content (AvgIpc) is 3.10. The highest BCUT2D eigenvalue weighted by Gasteiger charge is 2.32. The predicted octanol–water partition coefficient (Wildman–Crippen LogP) is 4.41. The van der Waals surface area contributed by atoms with Crippen molar-refractivity contribution >= 4 is 17.8 Å². The molecule has 27 heavy (non-hydrogen) atoms. The first-order chi connectivity index (χ1) is 12.8. The van der Waals surface area contributed by atoms with Crippen LogP contribution in [0.2, 0.25) is 0 Å². The van der Waals surface area contributed by atoms with Crippen LogP contribution in [0.5, 0.6) is 0 Å². The number of aromatic nitrogens is 1. The van der Waals surface area contributed by atoms with Crippen molar-refractivity contribution in [1.82, 2.24) is 9.88 Å². The maximum absolute atomic E-state index is 12.9. The van der Waals surface area contributed by atoms with Crippen LogP contribution in [0.25, 0.3) is 0 Å². The Morgan fingerprint density at radius 1 is 1.15 bits per heavy atom. The molecule has 142 valence electrons. The maximum atomic E-state index is 12.9. The molecule has 1 aliphatic rings. The summed E-state index contributed by atoms with van der Waals surface area (Å²) in [6.07, 6.45) is 2.80. The van der Waals surface area contributed by atoms with Crippen molar-refractivity contribution in [2.24, 2.45) is 0 Å². The first-order valence-electron chi connectivity index (χ1n) is 9.16. The minimum Gasteiger partial charge on any atom is -0.444 e. The van der Waals surface area contributed by atoms with Crippen molar-refractivity contribution in [2.45, 2.75) is 45.3 Å². The second-order valence-electron chi connectivity index (χ2n) is 7.59. The fourth-order valence-electron chi connectivity index (χ4n) is 3.27. The van der Waals surface area contributed by atoms with Gasteiger partial charge in [0.1, 0.15) is 11.4 Å². The summed E-state index contributed by atoms with van der Waals surface area (Å²) < 4.78 is 5.33. The molecular formula is C21H25N3O3. The van der Waals surface area contributed by atoms with E-state index in [9.17, 15) is 9.59 Å². The number of carbonyl (C=O) groups excluding carboxylic acids is 2. The van der Waals surface area contributed by atoms with Gasteiger partial charge in [0, 0.05) is 23.9 Å². The zero-order valence-corrected chi connectivity index (χ0v) is 15.9. The molecule has 0 spiro atoms. The lowest BCUT2D eigenvalue weighted by molar-refractivity contribution is 0.0635. The van der Waals surface area contributed by atoms with Crippen molar-refractivity contribution in [2.75, 3.05) is 11.9 Å². The fraction of sp³-hybridized carbons (Fsp3) is 0.381. The van der Waals surface area contributed by atoms with Crippen LogP contribution in [0.1, 0.15) is 55.6 Å². The standard InChI is InChI=1S/C21H25N3O3/c1-21(2,3)27-20(26)23-18-16(11-7-13-22-18)17-12-8-14-24(17)19(25)15-9-5-4-6-10-15/h4-7,9-11,13,17H,8,12,14H2,1-3H3,(H,22,23,26). The van der Waals surface area contributed by atoms with Gasteiger partial charge in [-0.15, -0.1) is 0 Å². The van der Waals surface area contributed by atoms with Crippen LogP contribution < -0.4 is 5.32 Å². The molecule has 3 rings (SSSR count). The van der Waals surface area contributed by atoms with Gasteiger partial charge in [0.25, 0.3) is 5.91 Å². The summed E-state index contributed by atoms with van der Waals surface area (Å²) in [7, 11) is 0. The van der Waals surface area contributed by atoms with Crippen LogP contribution in [0.3, 0.4) is 0 Å². The van der Waals surface area contributed by atoms with Crippen LogP contribution in [-0.2, 0) is 4.74 Å². The molecule has 0 saturated carbocycles. The van der Waals surface area contributed by atoms with Crippen molar-refractivity contribution < 1.29 is 14.3 Å². The molecule has 1 aliphatic heterocycles. The molecule has 1 fully saturated rings. The van der Waals surface area contributed by atoms with Crippen LogP contribution >= 0.6 is 0 Å². The van der Waals surface area contributed by atoms with E-state index in [2.05, 4.69) is 10.3 Å². The second-order valence-corrected chi connectivity index (χ2v) is 7.59. The number of ether oxygens (including phenoxy) is 1. The lowest BCUT2D eigenvalue weighted by Crippen LogP contribution is -2.32. The number of hydrogen-bond donors (Lipinski definition) is 1. The number of likely N-dealkylation sites (tertiary alicyclic amines) is 1. The van der Waals surface area contributed by atoms with E-state index in [1.807, 2.05) is 68.1 Å². The monoisotopic (exact) mass is 367 g/mol. The zero-order chi connectivity index (χ0) is 19.4. The number of nitrogens with zero attached hydrogens (tertiary/aromatic N) is 2. The van der Waals surface area contributed by atoms with E-state index in [4.69, 9.17) is 4.74 Å². The maximum Gasteiger partial charge on any atom is 0.413 e. The minimum absolute atomic E-state index is 0.00910. The zero-order valence-electron chi connectivity index (χ0n) is 15.9. The number of nitrogens with one attached hydrogen (secondary N) is 1. The predicted molar refractivity (Wildman–Crippen MR) is 104 cm³/mol. The van der Waals surface area contributed by atoms with E-state index in [1.54, 1.807) is 6.20 Å². The number of rotatable bonds is 3. The van der Waals surface area contributed by atoms with E-state index < -0.39 is 11.7 Å². The third-order valence-corrected chi connectivity index (χ3v) is 4.35. The molecule has 2 heterocycles. The van der Waals surface area contributed by atoms with Crippen LogP contribution in [-0.4, -0.2) is 34.0 Å². The fourth-order valence-corrected chi connectivity index (χ4v) is 3.27. The molecule has 1 aromatic carbocycles. The van der Waals surface area contributed by atoms with Gasteiger partial charge in [-0.1, -0.05) is 24.3 Å². The van der Waals surface area contributed by atoms with Gasteiger partial charge in [0.2, 0.25) is 0 Å². The van der Waals surface area contributed by atoms with Gasteiger partial charge in [-0.25, -0.2) is 9.78 Å². The van der Waals surface area contributed by atoms with E-state index in [0.717, 1.165) is 18.4 Å². The molecule has 1 unspecified atom stereocenters. The molecule has 1 atom stereocenters. The molecule has 1 N–H and O–H groups in total. The van der Waals surface area contributed by atoms with Gasteiger partial charge in [-0.05, 0) is 51.8 Å². The summed E-state index contributed by atoms with van der Waals surface area (Å²) >= 11 is 0. The summed E-state index contributed by atoms with van der Waals surface area (Å²) in [6.45, 7) is 6.11. The Labute approximate surface area is 159 Å². The van der Waals surface area contributed by atoms with Crippen molar-refractivity contribution in [3.63, 3.8) is 0 Å². The molecule has 1 saturated heterocycles. The smallest absolute Gasteiger partial charge is 0.413 e. The molecule has 2 amide bonds. The SMILES string of the molecule is CC(C)(C)OC(=O)Nc1ncccc1C1CCCN1C(=O)c1ccccc1. The van der Waals surface area contributed by atoms with Gasteiger partial charge >= 0.3 is 6.09 Å². The summed E-state index contributed by atoms with van der Waals surface area (Å²) in [6, 6.07) is 12.8. The van der Waals surface area contributed by atoms with Crippen molar-refractivity contribution in [1.29, 1.82) is 0 Å². The van der Waals surface area contributed by atoms with Gasteiger partial charge in [0.15, 0.2) is 0 Å². The summed E-state index contributed by atoms with van der Waals surface area (Å²) in [5.74, 6) is 0.426. The third-order valence-electron chi connectivity index (χ3n) is 4.35. The first-order valence-corrected chi connectivity index (χ1v) is 9.16. The molecule has 6 heteroatoms. The van der Waals surface area contributed by atoms with Gasteiger partial charge in [0.05, 0.1) is 6.04 Å². The average molecular weight is 367 g/mol. The topological polar surface area (TPSA) is 71.5 Å². The Kier molecular flexibility index (Phi) is 5.44. The Balaban J connectivity index is 1.83. The number of amides is 2.